The molecule has 0 rings (SSSR count). The quantitative estimate of drug-likeness (QED) is 0.570. The van der Waals surface area contributed by atoms with E-state index in [1.165, 1.54) is 31.3 Å². The predicted octanol–water partition coefficient (Wildman–Crippen LogP) is 4.62. The molecular formula is C13H31P. The number of hydrogen-bond donors (Lipinski definition) is 0. The minimum atomic E-state index is -0.817. The van der Waals surface area contributed by atoms with E-state index in [0.29, 0.717) is 5.41 Å². The summed E-state index contributed by atoms with van der Waals surface area (Å²) in [5.74, 6) is 0. The third-order valence-corrected chi connectivity index (χ3v) is 9.80. The van der Waals surface area contributed by atoms with Gasteiger partial charge in [-0.2, -0.15) is 0 Å². The summed E-state index contributed by atoms with van der Waals surface area (Å²) in [7, 11) is -0.817. The summed E-state index contributed by atoms with van der Waals surface area (Å²) >= 11 is 0. The van der Waals surface area contributed by atoms with Crippen LogP contribution in [0.2, 0.25) is 0 Å². The molecule has 14 heavy (non-hydrogen) atoms. The van der Waals surface area contributed by atoms with E-state index in [9.17, 15) is 0 Å². The molecule has 0 aliphatic heterocycles. The van der Waals surface area contributed by atoms with Gasteiger partial charge in [-0.05, 0) is 0 Å². The molecule has 0 spiro atoms. The van der Waals surface area contributed by atoms with Gasteiger partial charge in [0.25, 0.3) is 0 Å². The van der Waals surface area contributed by atoms with Crippen molar-refractivity contribution in [3.05, 3.63) is 0 Å². The van der Waals surface area contributed by atoms with Gasteiger partial charge in [-0.15, -0.1) is 0 Å². The molecule has 0 aromatic heterocycles. The van der Waals surface area contributed by atoms with E-state index in [1.54, 1.807) is 6.16 Å². The summed E-state index contributed by atoms with van der Waals surface area (Å²) in [5, 5.41) is 0. The molecule has 1 heteroatoms. The van der Waals surface area contributed by atoms with Gasteiger partial charge in [-0.1, -0.05) is 0 Å². The van der Waals surface area contributed by atoms with Crippen molar-refractivity contribution < 1.29 is 0 Å². The molecule has 0 aliphatic rings. The van der Waals surface area contributed by atoms with E-state index in [0.717, 1.165) is 0 Å². The number of hydrogen-bond acceptors (Lipinski definition) is 0. The molecule has 0 aromatic rings. The van der Waals surface area contributed by atoms with Gasteiger partial charge in [-0.25, -0.2) is 0 Å². The van der Waals surface area contributed by atoms with Crippen molar-refractivity contribution in [2.45, 2.75) is 54.4 Å². The van der Waals surface area contributed by atoms with Crippen LogP contribution in [0.1, 0.15) is 54.4 Å². The van der Waals surface area contributed by atoms with E-state index in [4.69, 9.17) is 0 Å². The van der Waals surface area contributed by atoms with Crippen LogP contribution in [0, 0.1) is 5.41 Å². The van der Waals surface area contributed by atoms with Crippen molar-refractivity contribution in [1.29, 1.82) is 0 Å². The average Bonchev–Trinajstić information content (AvgIpc) is 2.11. The first kappa shape index (κ1) is 14.4. The minimum absolute atomic E-state index is 0.537. The standard InChI is InChI=1S/C13H31P/c1-7-14(8-2,9-3)12-10-11-13(4,5)6/h14H,7-12H2,1-6H3. The molecule has 0 heterocycles. The molecule has 0 N–H and O–H groups in total. The molecule has 0 fully saturated rings. The van der Waals surface area contributed by atoms with Gasteiger partial charge < -0.3 is 0 Å². The SMILES string of the molecule is CC[PH](CC)(CC)CCCC(C)(C)C. The van der Waals surface area contributed by atoms with Gasteiger partial charge in [0.2, 0.25) is 0 Å². The first-order valence-corrected chi connectivity index (χ1v) is 9.22. The second kappa shape index (κ2) is 6.11. The van der Waals surface area contributed by atoms with Gasteiger partial charge in [0, 0.05) is 0 Å². The Labute approximate surface area is 92.2 Å². The molecule has 0 aromatic carbocycles. The summed E-state index contributed by atoms with van der Waals surface area (Å²) in [6, 6.07) is 0. The van der Waals surface area contributed by atoms with Gasteiger partial charge in [0.1, 0.15) is 0 Å². The van der Waals surface area contributed by atoms with Crippen LogP contribution in [-0.4, -0.2) is 24.6 Å². The maximum absolute atomic E-state index is 2.41. The fourth-order valence-corrected chi connectivity index (χ4v) is 5.76. The summed E-state index contributed by atoms with van der Waals surface area (Å²) in [5.41, 5.74) is 0.537. The molecule has 0 bridgehead atoms. The maximum atomic E-state index is 2.41. The van der Waals surface area contributed by atoms with Gasteiger partial charge in [-0.3, -0.25) is 0 Å². The van der Waals surface area contributed by atoms with Crippen LogP contribution >= 0.6 is 7.26 Å². The third kappa shape index (κ3) is 5.35. The summed E-state index contributed by atoms with van der Waals surface area (Å²) < 4.78 is 0. The zero-order chi connectivity index (χ0) is 11.2. The fourth-order valence-electron chi connectivity index (χ4n) is 2.27. The van der Waals surface area contributed by atoms with Crippen LogP contribution < -0.4 is 0 Å². The van der Waals surface area contributed by atoms with Gasteiger partial charge >= 0.3 is 91.7 Å². The van der Waals surface area contributed by atoms with E-state index in [1.807, 2.05) is 0 Å². The Morgan fingerprint density at radius 2 is 1.29 bits per heavy atom. The normalized spacial score (nSPS) is 14.4. The van der Waals surface area contributed by atoms with Crippen LogP contribution in [0.25, 0.3) is 0 Å². The number of rotatable bonds is 6. The Morgan fingerprint density at radius 3 is 1.57 bits per heavy atom. The molecule has 0 radical (unpaired) electrons. The van der Waals surface area contributed by atoms with Crippen molar-refractivity contribution in [3.63, 3.8) is 0 Å². The van der Waals surface area contributed by atoms with Crippen molar-refractivity contribution in [3.8, 4) is 0 Å². The van der Waals surface area contributed by atoms with Crippen molar-refractivity contribution in [2.75, 3.05) is 24.6 Å². The molecule has 0 atom stereocenters. The fraction of sp³-hybridized carbons (Fsp3) is 1.00. The molecule has 0 nitrogen and oxygen atoms in total. The second-order valence-electron chi connectivity index (χ2n) is 5.97. The van der Waals surface area contributed by atoms with Gasteiger partial charge in [0.05, 0.1) is 0 Å². The monoisotopic (exact) mass is 218 g/mol. The zero-order valence-electron chi connectivity index (χ0n) is 11.2. The Balaban J connectivity index is 3.95. The van der Waals surface area contributed by atoms with Crippen LogP contribution in [0.4, 0.5) is 0 Å². The third-order valence-electron chi connectivity index (χ3n) is 3.88. The Kier molecular flexibility index (Phi) is 6.30. The van der Waals surface area contributed by atoms with Crippen molar-refractivity contribution >= 4 is 7.26 Å². The zero-order valence-corrected chi connectivity index (χ0v) is 12.2. The first-order chi connectivity index (χ1) is 6.39. The molecule has 0 amide bonds. The van der Waals surface area contributed by atoms with E-state index in [2.05, 4.69) is 41.5 Å². The van der Waals surface area contributed by atoms with Crippen LogP contribution in [0.15, 0.2) is 0 Å². The Bertz CT molecular complexity index is 132. The summed E-state index contributed by atoms with van der Waals surface area (Å²) in [6.07, 6.45) is 8.90. The predicted molar refractivity (Wildman–Crippen MR) is 73.5 cm³/mol. The van der Waals surface area contributed by atoms with E-state index >= 15 is 0 Å². The van der Waals surface area contributed by atoms with E-state index in [-0.39, 0.29) is 0 Å². The van der Waals surface area contributed by atoms with Crippen molar-refractivity contribution in [1.82, 2.24) is 0 Å². The molecule has 88 valence electrons. The molecular weight excluding hydrogens is 187 g/mol. The van der Waals surface area contributed by atoms with Crippen molar-refractivity contribution in [2.24, 2.45) is 5.41 Å². The topological polar surface area (TPSA) is 0 Å². The Hall–Kier alpha value is 0.430. The first-order valence-electron chi connectivity index (χ1n) is 6.39. The van der Waals surface area contributed by atoms with Crippen LogP contribution in [0.3, 0.4) is 0 Å². The molecule has 0 unspecified atom stereocenters. The molecule has 0 saturated heterocycles. The average molecular weight is 218 g/mol. The second-order valence-corrected chi connectivity index (χ2v) is 11.6. The van der Waals surface area contributed by atoms with E-state index < -0.39 is 7.26 Å². The van der Waals surface area contributed by atoms with Crippen LogP contribution in [0.5, 0.6) is 0 Å². The summed E-state index contributed by atoms with van der Waals surface area (Å²) in [6.45, 7) is 14.3. The Morgan fingerprint density at radius 1 is 0.857 bits per heavy atom. The summed E-state index contributed by atoms with van der Waals surface area (Å²) in [4.78, 5) is 0. The molecule has 0 aliphatic carbocycles. The molecule has 0 saturated carbocycles. The van der Waals surface area contributed by atoms with Gasteiger partial charge in [0.15, 0.2) is 0 Å². The van der Waals surface area contributed by atoms with Crippen LogP contribution in [-0.2, 0) is 0 Å².